The van der Waals surface area contributed by atoms with E-state index in [1.165, 1.54) is 0 Å². The van der Waals surface area contributed by atoms with Crippen LogP contribution in [-0.2, 0) is 4.74 Å². The van der Waals surface area contributed by atoms with E-state index < -0.39 is 0 Å². The number of halogens is 2. The molecule has 0 aliphatic carbocycles. The lowest BCUT2D eigenvalue weighted by atomic mass is 10.2. The second kappa shape index (κ2) is 12.3. The predicted octanol–water partition coefficient (Wildman–Crippen LogP) is 1.81. The van der Waals surface area contributed by atoms with Crippen LogP contribution >= 0.6 is 24.0 Å². The van der Waals surface area contributed by atoms with Crippen molar-refractivity contribution >= 4 is 29.9 Å². The minimum atomic E-state index is -0.162. The van der Waals surface area contributed by atoms with Crippen molar-refractivity contribution in [2.24, 2.45) is 0 Å². The molecular weight excluding hydrogens is 365 g/mol. The lowest BCUT2D eigenvalue weighted by Gasteiger charge is -2.27. The highest BCUT2D eigenvalue weighted by molar-refractivity contribution is 6.31. The molecule has 0 radical (unpaired) electrons. The minimum Gasteiger partial charge on any atom is -0.490 e. The first-order chi connectivity index (χ1) is 11.7. The first-order valence-electron chi connectivity index (χ1n) is 8.33. The van der Waals surface area contributed by atoms with Gasteiger partial charge in [0.15, 0.2) is 0 Å². The summed E-state index contributed by atoms with van der Waals surface area (Å²) in [5.41, 5.74) is 0.459. The third-order valence-corrected chi connectivity index (χ3v) is 4.11. The van der Waals surface area contributed by atoms with Gasteiger partial charge in [-0.2, -0.15) is 0 Å². The first kappa shape index (κ1) is 22.0. The smallest absolute Gasteiger partial charge is 0.255 e. The molecule has 0 spiro atoms. The fourth-order valence-electron chi connectivity index (χ4n) is 2.58. The second-order valence-electron chi connectivity index (χ2n) is 5.68. The molecule has 1 aromatic rings. The van der Waals surface area contributed by atoms with E-state index in [1.54, 1.807) is 25.3 Å². The molecule has 1 fully saturated rings. The van der Waals surface area contributed by atoms with Crippen LogP contribution in [0.3, 0.4) is 0 Å². The van der Waals surface area contributed by atoms with E-state index in [0.29, 0.717) is 36.1 Å². The van der Waals surface area contributed by atoms with Gasteiger partial charge in [-0.25, -0.2) is 0 Å². The van der Waals surface area contributed by atoms with Crippen molar-refractivity contribution in [3.63, 3.8) is 0 Å². The van der Waals surface area contributed by atoms with Gasteiger partial charge in [-0.3, -0.25) is 4.79 Å². The zero-order valence-electron chi connectivity index (χ0n) is 14.6. The van der Waals surface area contributed by atoms with Crippen LogP contribution in [0.2, 0.25) is 5.02 Å². The molecule has 2 N–H and O–H groups in total. The molecule has 1 saturated heterocycles. The number of nitrogens with one attached hydrogen (secondary N) is 2. The average Bonchev–Trinajstić information content (AvgIpc) is 2.61. The van der Waals surface area contributed by atoms with Gasteiger partial charge in [-0.15, -0.1) is 12.4 Å². The number of piperazine rings is 1. The highest BCUT2D eigenvalue weighted by Gasteiger charge is 2.14. The van der Waals surface area contributed by atoms with Crippen LogP contribution in [0.15, 0.2) is 18.2 Å². The number of methoxy groups -OCH3 is 1. The largest absolute Gasteiger partial charge is 0.490 e. The number of hydrogen-bond donors (Lipinski definition) is 2. The van der Waals surface area contributed by atoms with Gasteiger partial charge in [0.05, 0.1) is 12.2 Å². The molecule has 1 aliphatic rings. The predicted molar refractivity (Wildman–Crippen MR) is 102 cm³/mol. The Hall–Kier alpha value is -1.05. The standard InChI is InChI=1S/C17H26ClN3O3.ClH/c1-23-11-12-24-16-4-3-14(18)13-15(16)17(22)20-5-2-8-21-9-6-19-7-10-21;/h3-4,13,19H,2,5-12H2,1H3,(H,20,22);1H. The van der Waals surface area contributed by atoms with E-state index in [0.717, 1.165) is 39.1 Å². The molecule has 1 aromatic carbocycles. The zero-order valence-corrected chi connectivity index (χ0v) is 16.1. The molecule has 0 bridgehead atoms. The molecule has 1 heterocycles. The summed E-state index contributed by atoms with van der Waals surface area (Å²) in [7, 11) is 1.61. The summed E-state index contributed by atoms with van der Waals surface area (Å²) in [5.74, 6) is 0.362. The number of ether oxygens (including phenoxy) is 2. The zero-order chi connectivity index (χ0) is 17.2. The first-order valence-corrected chi connectivity index (χ1v) is 8.71. The van der Waals surface area contributed by atoms with E-state index in [2.05, 4.69) is 15.5 Å². The molecule has 142 valence electrons. The van der Waals surface area contributed by atoms with E-state index in [4.69, 9.17) is 21.1 Å². The Bertz CT molecular complexity index is 526. The lowest BCUT2D eigenvalue weighted by Crippen LogP contribution is -2.44. The normalized spacial score (nSPS) is 14.6. The van der Waals surface area contributed by atoms with Crippen LogP contribution in [0.1, 0.15) is 16.8 Å². The molecule has 2 rings (SSSR count). The van der Waals surface area contributed by atoms with Gasteiger partial charge in [-0.1, -0.05) is 11.6 Å². The summed E-state index contributed by atoms with van der Waals surface area (Å²) in [6.45, 7) is 6.70. The van der Waals surface area contributed by atoms with Crippen molar-refractivity contribution < 1.29 is 14.3 Å². The van der Waals surface area contributed by atoms with Crippen molar-refractivity contribution in [1.82, 2.24) is 15.5 Å². The Morgan fingerprint density at radius 2 is 2.08 bits per heavy atom. The van der Waals surface area contributed by atoms with Gasteiger partial charge in [0.2, 0.25) is 0 Å². The number of carbonyl (C=O) groups excluding carboxylic acids is 1. The van der Waals surface area contributed by atoms with Crippen molar-refractivity contribution in [1.29, 1.82) is 0 Å². The minimum absolute atomic E-state index is 0. The van der Waals surface area contributed by atoms with Gasteiger partial charge in [0, 0.05) is 44.9 Å². The fraction of sp³-hybridized carbons (Fsp3) is 0.588. The highest BCUT2D eigenvalue weighted by Crippen LogP contribution is 2.23. The maximum Gasteiger partial charge on any atom is 0.255 e. The monoisotopic (exact) mass is 391 g/mol. The number of carbonyl (C=O) groups is 1. The third kappa shape index (κ3) is 7.79. The van der Waals surface area contributed by atoms with Gasteiger partial charge >= 0.3 is 0 Å². The van der Waals surface area contributed by atoms with Gasteiger partial charge < -0.3 is 25.0 Å². The summed E-state index contributed by atoms with van der Waals surface area (Å²) in [5, 5.41) is 6.79. The Balaban J connectivity index is 0.00000312. The Morgan fingerprint density at radius 3 is 2.80 bits per heavy atom. The van der Waals surface area contributed by atoms with Crippen molar-refractivity contribution in [3.05, 3.63) is 28.8 Å². The van der Waals surface area contributed by atoms with Crippen LogP contribution < -0.4 is 15.4 Å². The summed E-state index contributed by atoms with van der Waals surface area (Å²) in [6.07, 6.45) is 0.923. The van der Waals surface area contributed by atoms with E-state index >= 15 is 0 Å². The molecule has 6 nitrogen and oxygen atoms in total. The molecule has 1 aliphatic heterocycles. The number of nitrogens with zero attached hydrogens (tertiary/aromatic N) is 1. The van der Waals surface area contributed by atoms with Crippen LogP contribution in [0.5, 0.6) is 5.75 Å². The molecule has 0 atom stereocenters. The third-order valence-electron chi connectivity index (χ3n) is 3.88. The van der Waals surface area contributed by atoms with E-state index in [9.17, 15) is 4.79 Å². The number of amides is 1. The second-order valence-corrected chi connectivity index (χ2v) is 6.12. The highest BCUT2D eigenvalue weighted by atomic mass is 35.5. The van der Waals surface area contributed by atoms with Gasteiger partial charge in [0.25, 0.3) is 5.91 Å². The average molecular weight is 392 g/mol. The molecule has 25 heavy (non-hydrogen) atoms. The fourth-order valence-corrected chi connectivity index (χ4v) is 2.75. The topological polar surface area (TPSA) is 62.8 Å². The Labute approximate surface area is 160 Å². The van der Waals surface area contributed by atoms with E-state index in [-0.39, 0.29) is 18.3 Å². The summed E-state index contributed by atoms with van der Waals surface area (Å²) >= 11 is 6.01. The molecule has 8 heteroatoms. The number of benzene rings is 1. The Kier molecular flexibility index (Phi) is 10.8. The van der Waals surface area contributed by atoms with Crippen LogP contribution in [0.4, 0.5) is 0 Å². The molecule has 0 unspecified atom stereocenters. The van der Waals surface area contributed by atoms with Gasteiger partial charge in [0.1, 0.15) is 12.4 Å². The molecule has 1 amide bonds. The van der Waals surface area contributed by atoms with Crippen molar-refractivity contribution in [3.8, 4) is 5.75 Å². The molecular formula is C17H27Cl2N3O3. The SMILES string of the molecule is COCCOc1ccc(Cl)cc1C(=O)NCCCN1CCNCC1.Cl. The number of hydrogen-bond acceptors (Lipinski definition) is 5. The number of rotatable bonds is 9. The summed E-state index contributed by atoms with van der Waals surface area (Å²) < 4.78 is 10.6. The lowest BCUT2D eigenvalue weighted by molar-refractivity contribution is 0.0943. The molecule has 0 saturated carbocycles. The molecule has 0 aromatic heterocycles. The van der Waals surface area contributed by atoms with E-state index in [1.807, 2.05) is 0 Å². The maximum absolute atomic E-state index is 12.4. The van der Waals surface area contributed by atoms with Gasteiger partial charge in [-0.05, 0) is 31.2 Å². The summed E-state index contributed by atoms with van der Waals surface area (Å²) in [6, 6.07) is 5.06. The quantitative estimate of drug-likeness (QED) is 0.628. The van der Waals surface area contributed by atoms with Crippen LogP contribution in [0.25, 0.3) is 0 Å². The maximum atomic E-state index is 12.4. The van der Waals surface area contributed by atoms with Crippen molar-refractivity contribution in [2.45, 2.75) is 6.42 Å². The Morgan fingerprint density at radius 1 is 1.32 bits per heavy atom. The summed E-state index contributed by atoms with van der Waals surface area (Å²) in [4.78, 5) is 14.8. The van der Waals surface area contributed by atoms with Crippen LogP contribution in [-0.4, -0.2) is 70.4 Å². The van der Waals surface area contributed by atoms with Crippen LogP contribution in [0, 0.1) is 0 Å². The van der Waals surface area contributed by atoms with Crippen molar-refractivity contribution in [2.75, 3.05) is 59.6 Å².